The normalized spacial score (nSPS) is 26.6. The second-order valence-corrected chi connectivity index (χ2v) is 7.33. The smallest absolute Gasteiger partial charge is 0.150 e. The Balaban J connectivity index is 1.94. The number of rotatable bonds is 3. The lowest BCUT2D eigenvalue weighted by molar-refractivity contribution is 0.485. The molecule has 0 aromatic carbocycles. The number of thiophene rings is 1. The SMILES string of the molecule is NC(CC1CCS(=O)(=O)C1)c1cccs1. The summed E-state index contributed by atoms with van der Waals surface area (Å²) in [6, 6.07) is 3.99. The van der Waals surface area contributed by atoms with Gasteiger partial charge in [-0.1, -0.05) is 6.07 Å². The van der Waals surface area contributed by atoms with Crippen molar-refractivity contribution in [3.8, 4) is 0 Å². The van der Waals surface area contributed by atoms with Gasteiger partial charge in [0.2, 0.25) is 0 Å². The Morgan fingerprint density at radius 1 is 1.60 bits per heavy atom. The quantitative estimate of drug-likeness (QED) is 0.879. The number of sulfone groups is 1. The standard InChI is InChI=1S/C10H15NO2S2/c11-9(10-2-1-4-14-10)6-8-3-5-15(12,13)7-8/h1-2,4,8-9H,3,5-7,11H2. The van der Waals surface area contributed by atoms with E-state index < -0.39 is 9.84 Å². The van der Waals surface area contributed by atoms with Gasteiger partial charge >= 0.3 is 0 Å². The topological polar surface area (TPSA) is 60.2 Å². The maximum absolute atomic E-state index is 11.3. The van der Waals surface area contributed by atoms with E-state index in [0.29, 0.717) is 11.5 Å². The lowest BCUT2D eigenvalue weighted by atomic mass is 9.99. The largest absolute Gasteiger partial charge is 0.323 e. The zero-order chi connectivity index (χ0) is 10.9. The molecular weight excluding hydrogens is 230 g/mol. The molecule has 3 nitrogen and oxygen atoms in total. The van der Waals surface area contributed by atoms with E-state index in [2.05, 4.69) is 0 Å². The average molecular weight is 245 g/mol. The van der Waals surface area contributed by atoms with Crippen LogP contribution in [0.5, 0.6) is 0 Å². The monoisotopic (exact) mass is 245 g/mol. The summed E-state index contributed by atoms with van der Waals surface area (Å²) >= 11 is 1.64. The Morgan fingerprint density at radius 2 is 2.40 bits per heavy atom. The second-order valence-electron chi connectivity index (χ2n) is 4.13. The van der Waals surface area contributed by atoms with Gasteiger partial charge in [-0.25, -0.2) is 8.42 Å². The minimum Gasteiger partial charge on any atom is -0.323 e. The van der Waals surface area contributed by atoms with Gasteiger partial charge in [0.25, 0.3) is 0 Å². The molecule has 0 bridgehead atoms. The molecular formula is C10H15NO2S2. The Kier molecular flexibility index (Phi) is 3.13. The van der Waals surface area contributed by atoms with Crippen LogP contribution in [0.15, 0.2) is 17.5 Å². The fraction of sp³-hybridized carbons (Fsp3) is 0.600. The first-order chi connectivity index (χ1) is 7.07. The van der Waals surface area contributed by atoms with Gasteiger partial charge in [0.05, 0.1) is 11.5 Å². The summed E-state index contributed by atoms with van der Waals surface area (Å²) < 4.78 is 22.5. The van der Waals surface area contributed by atoms with Crippen LogP contribution in [0.3, 0.4) is 0 Å². The van der Waals surface area contributed by atoms with Crippen LogP contribution >= 0.6 is 11.3 Å². The molecule has 84 valence electrons. The van der Waals surface area contributed by atoms with Crippen LogP contribution < -0.4 is 5.73 Å². The molecule has 1 aromatic heterocycles. The second kappa shape index (κ2) is 4.23. The highest BCUT2D eigenvalue weighted by Gasteiger charge is 2.29. The third-order valence-electron chi connectivity index (χ3n) is 2.82. The molecule has 2 N–H and O–H groups in total. The summed E-state index contributed by atoms with van der Waals surface area (Å²) in [5.41, 5.74) is 6.02. The van der Waals surface area contributed by atoms with E-state index in [0.717, 1.165) is 17.7 Å². The zero-order valence-corrected chi connectivity index (χ0v) is 10.1. The van der Waals surface area contributed by atoms with Crippen molar-refractivity contribution in [1.82, 2.24) is 0 Å². The minimum absolute atomic E-state index is 0.00306. The molecule has 0 amide bonds. The van der Waals surface area contributed by atoms with E-state index in [-0.39, 0.29) is 12.0 Å². The molecule has 1 fully saturated rings. The molecule has 2 rings (SSSR count). The Bertz CT molecular complexity index is 411. The lowest BCUT2D eigenvalue weighted by Crippen LogP contribution is -2.15. The summed E-state index contributed by atoms with van der Waals surface area (Å²) in [7, 11) is -2.76. The third-order valence-corrected chi connectivity index (χ3v) is 5.66. The number of nitrogens with two attached hydrogens (primary N) is 1. The van der Waals surface area contributed by atoms with Crippen LogP contribution in [-0.2, 0) is 9.84 Å². The van der Waals surface area contributed by atoms with Crippen molar-refractivity contribution in [2.45, 2.75) is 18.9 Å². The predicted molar refractivity (Wildman–Crippen MR) is 62.6 cm³/mol. The number of hydrogen-bond acceptors (Lipinski definition) is 4. The minimum atomic E-state index is -2.76. The molecule has 0 radical (unpaired) electrons. The van der Waals surface area contributed by atoms with Crippen LogP contribution in [-0.4, -0.2) is 19.9 Å². The van der Waals surface area contributed by atoms with Gasteiger partial charge in [-0.2, -0.15) is 0 Å². The maximum Gasteiger partial charge on any atom is 0.150 e. The van der Waals surface area contributed by atoms with E-state index in [1.54, 1.807) is 11.3 Å². The van der Waals surface area contributed by atoms with Gasteiger partial charge in [0.1, 0.15) is 0 Å². The van der Waals surface area contributed by atoms with Gasteiger partial charge < -0.3 is 5.73 Å². The lowest BCUT2D eigenvalue weighted by Gasteiger charge is -2.13. The molecule has 0 saturated carbocycles. The van der Waals surface area contributed by atoms with Crippen molar-refractivity contribution in [2.24, 2.45) is 11.7 Å². The van der Waals surface area contributed by atoms with Crippen LogP contribution in [0, 0.1) is 5.92 Å². The third kappa shape index (κ3) is 2.80. The molecule has 1 aliphatic rings. The van der Waals surface area contributed by atoms with Crippen molar-refractivity contribution >= 4 is 21.2 Å². The van der Waals surface area contributed by atoms with E-state index in [9.17, 15) is 8.42 Å². The highest BCUT2D eigenvalue weighted by Crippen LogP contribution is 2.29. The van der Waals surface area contributed by atoms with E-state index in [4.69, 9.17) is 5.73 Å². The van der Waals surface area contributed by atoms with Crippen molar-refractivity contribution in [2.75, 3.05) is 11.5 Å². The van der Waals surface area contributed by atoms with Crippen LogP contribution in [0.1, 0.15) is 23.8 Å². The number of hydrogen-bond donors (Lipinski definition) is 1. The van der Waals surface area contributed by atoms with Crippen molar-refractivity contribution in [1.29, 1.82) is 0 Å². The van der Waals surface area contributed by atoms with Gasteiger partial charge in [0.15, 0.2) is 9.84 Å². The summed E-state index contributed by atoms with van der Waals surface area (Å²) in [6.45, 7) is 0. The highest BCUT2D eigenvalue weighted by atomic mass is 32.2. The summed E-state index contributed by atoms with van der Waals surface area (Å²) in [5, 5.41) is 2.00. The molecule has 1 aliphatic heterocycles. The molecule has 5 heteroatoms. The fourth-order valence-corrected chi connectivity index (χ4v) is 4.66. The van der Waals surface area contributed by atoms with Gasteiger partial charge in [-0.05, 0) is 30.2 Å². The average Bonchev–Trinajstić information content (AvgIpc) is 2.74. The summed E-state index contributed by atoms with van der Waals surface area (Å²) in [4.78, 5) is 1.15. The van der Waals surface area contributed by atoms with Crippen LogP contribution in [0.4, 0.5) is 0 Å². The molecule has 2 heterocycles. The molecule has 2 unspecified atom stereocenters. The summed E-state index contributed by atoms with van der Waals surface area (Å²) in [5.74, 6) is 0.924. The Hall–Kier alpha value is -0.390. The molecule has 1 saturated heterocycles. The van der Waals surface area contributed by atoms with Gasteiger partial charge in [0, 0.05) is 10.9 Å². The summed E-state index contributed by atoms with van der Waals surface area (Å²) in [6.07, 6.45) is 1.57. The van der Waals surface area contributed by atoms with Gasteiger partial charge in [-0.3, -0.25) is 0 Å². The first-order valence-electron chi connectivity index (χ1n) is 5.06. The zero-order valence-electron chi connectivity index (χ0n) is 8.43. The molecule has 0 spiro atoms. The highest BCUT2D eigenvalue weighted by molar-refractivity contribution is 7.91. The van der Waals surface area contributed by atoms with Gasteiger partial charge in [-0.15, -0.1) is 11.3 Å². The Morgan fingerprint density at radius 3 is 2.93 bits per heavy atom. The maximum atomic E-state index is 11.3. The molecule has 2 atom stereocenters. The van der Waals surface area contributed by atoms with Crippen molar-refractivity contribution in [3.63, 3.8) is 0 Å². The van der Waals surface area contributed by atoms with E-state index in [1.165, 1.54) is 0 Å². The molecule has 0 aliphatic carbocycles. The van der Waals surface area contributed by atoms with Crippen LogP contribution in [0.2, 0.25) is 0 Å². The first kappa shape index (κ1) is 11.1. The fourth-order valence-electron chi connectivity index (χ4n) is 2.04. The Labute approximate surface area is 94.2 Å². The van der Waals surface area contributed by atoms with Crippen LogP contribution in [0.25, 0.3) is 0 Å². The van der Waals surface area contributed by atoms with E-state index >= 15 is 0 Å². The molecule has 1 aromatic rings. The molecule has 15 heavy (non-hydrogen) atoms. The van der Waals surface area contributed by atoms with E-state index in [1.807, 2.05) is 17.5 Å². The predicted octanol–water partition coefficient (Wildman–Crippen LogP) is 1.57. The van der Waals surface area contributed by atoms with Crippen molar-refractivity contribution in [3.05, 3.63) is 22.4 Å². The van der Waals surface area contributed by atoms with Crippen molar-refractivity contribution < 1.29 is 8.42 Å². The first-order valence-corrected chi connectivity index (χ1v) is 7.76.